The number of ether oxygens (including phenoxy) is 3. The summed E-state index contributed by atoms with van der Waals surface area (Å²) in [6.45, 7) is 11.4. The van der Waals surface area contributed by atoms with E-state index >= 15 is 0 Å². The fraction of sp³-hybridized carbons (Fsp3) is 0.947. The molecule has 0 aromatic carbocycles. The average Bonchev–Trinajstić information content (AvgIpc) is 3.27. The number of hydrogen-bond acceptors (Lipinski definition) is 6. The van der Waals surface area contributed by atoms with Crippen LogP contribution in [-0.2, 0) is 28.6 Å². The molecule has 0 radical (unpaired) electrons. The zero-order chi connectivity index (χ0) is 46.1. The highest BCUT2D eigenvalue weighted by Crippen LogP contribution is 2.18. The molecule has 374 valence electrons. The van der Waals surface area contributed by atoms with E-state index in [2.05, 4.69) is 34.6 Å². The Bertz CT molecular complexity index is 964. The SMILES string of the molecule is CCCCCCCCCCCCCCCC(=O)OC[C@@H](COC(=O)CCCCCCCCCCCCCCCCC(C)CC)OC(=O)CCCCCCCCCCCCCC(C)C. The molecule has 0 aliphatic carbocycles. The van der Waals surface area contributed by atoms with E-state index in [4.69, 9.17) is 14.2 Å². The molecule has 0 heterocycles. The lowest BCUT2D eigenvalue weighted by Crippen LogP contribution is -2.30. The van der Waals surface area contributed by atoms with Gasteiger partial charge < -0.3 is 14.2 Å². The second kappa shape index (κ2) is 49.8. The molecular formula is C57H110O6. The molecule has 0 fully saturated rings. The fourth-order valence-electron chi connectivity index (χ4n) is 8.66. The summed E-state index contributed by atoms with van der Waals surface area (Å²) in [5.41, 5.74) is 0. The lowest BCUT2D eigenvalue weighted by atomic mass is 9.99. The molecule has 63 heavy (non-hydrogen) atoms. The van der Waals surface area contributed by atoms with Gasteiger partial charge in [-0.15, -0.1) is 0 Å². The number of unbranched alkanes of at least 4 members (excludes halogenated alkanes) is 35. The van der Waals surface area contributed by atoms with Gasteiger partial charge in [-0.05, 0) is 31.1 Å². The van der Waals surface area contributed by atoms with E-state index in [-0.39, 0.29) is 31.1 Å². The van der Waals surface area contributed by atoms with Crippen LogP contribution in [0.2, 0.25) is 0 Å². The minimum Gasteiger partial charge on any atom is -0.462 e. The van der Waals surface area contributed by atoms with Crippen molar-refractivity contribution in [2.75, 3.05) is 13.2 Å². The molecule has 0 amide bonds. The molecule has 0 aromatic rings. The third-order valence-electron chi connectivity index (χ3n) is 13.3. The van der Waals surface area contributed by atoms with Gasteiger partial charge >= 0.3 is 17.9 Å². The van der Waals surface area contributed by atoms with Crippen LogP contribution in [0.1, 0.15) is 317 Å². The first-order valence-corrected chi connectivity index (χ1v) is 28.3. The molecule has 2 atom stereocenters. The lowest BCUT2D eigenvalue weighted by molar-refractivity contribution is -0.167. The van der Waals surface area contributed by atoms with E-state index in [0.29, 0.717) is 19.3 Å². The van der Waals surface area contributed by atoms with Crippen LogP contribution < -0.4 is 0 Å². The van der Waals surface area contributed by atoms with Crippen molar-refractivity contribution in [3.05, 3.63) is 0 Å². The standard InChI is InChI=1S/C57H110O6/c1-6-8-9-10-11-12-13-16-22-27-32-37-42-47-55(58)61-50-54(63-57(60)49-44-39-34-29-24-19-20-25-30-35-40-45-52(3)4)51-62-56(59)48-43-38-33-28-23-18-15-14-17-21-26-31-36-41-46-53(5)7-2/h52-54H,6-51H2,1-5H3/t53?,54-/m0/s1. The van der Waals surface area contributed by atoms with Crippen LogP contribution in [0, 0.1) is 11.8 Å². The van der Waals surface area contributed by atoms with Gasteiger partial charge in [0.25, 0.3) is 0 Å². The van der Waals surface area contributed by atoms with E-state index in [0.717, 1.165) is 69.6 Å². The van der Waals surface area contributed by atoms with E-state index < -0.39 is 6.10 Å². The van der Waals surface area contributed by atoms with Gasteiger partial charge in [0.15, 0.2) is 6.10 Å². The van der Waals surface area contributed by atoms with Gasteiger partial charge in [-0.3, -0.25) is 14.4 Å². The maximum absolute atomic E-state index is 12.8. The maximum Gasteiger partial charge on any atom is 0.306 e. The second-order valence-corrected chi connectivity index (χ2v) is 20.3. The predicted octanol–water partition coefficient (Wildman–Crippen LogP) is 18.5. The highest BCUT2D eigenvalue weighted by Gasteiger charge is 2.19. The minimum atomic E-state index is -0.762. The molecule has 6 nitrogen and oxygen atoms in total. The van der Waals surface area contributed by atoms with Crippen LogP contribution in [0.25, 0.3) is 0 Å². The summed E-state index contributed by atoms with van der Waals surface area (Å²) in [6.07, 6.45) is 52.2. The molecule has 6 heteroatoms. The fourth-order valence-corrected chi connectivity index (χ4v) is 8.66. The monoisotopic (exact) mass is 891 g/mol. The van der Waals surface area contributed by atoms with Gasteiger partial charge in [0.1, 0.15) is 13.2 Å². The second-order valence-electron chi connectivity index (χ2n) is 20.3. The molecule has 0 aliphatic heterocycles. The molecule has 0 aliphatic rings. The Kier molecular flexibility index (Phi) is 48.6. The van der Waals surface area contributed by atoms with Crippen LogP contribution in [0.3, 0.4) is 0 Å². The molecule has 0 rings (SSSR count). The molecule has 0 spiro atoms. The zero-order valence-electron chi connectivity index (χ0n) is 43.2. The van der Waals surface area contributed by atoms with Crippen molar-refractivity contribution >= 4 is 17.9 Å². The molecule has 0 aromatic heterocycles. The summed E-state index contributed by atoms with van der Waals surface area (Å²) < 4.78 is 16.9. The summed E-state index contributed by atoms with van der Waals surface area (Å²) in [5.74, 6) is 0.879. The average molecular weight is 892 g/mol. The molecule has 0 N–H and O–H groups in total. The van der Waals surface area contributed by atoms with Crippen LogP contribution in [-0.4, -0.2) is 37.2 Å². The highest BCUT2D eigenvalue weighted by atomic mass is 16.6. The smallest absolute Gasteiger partial charge is 0.306 e. The van der Waals surface area contributed by atoms with Gasteiger partial charge in [-0.25, -0.2) is 0 Å². The first kappa shape index (κ1) is 61.4. The third kappa shape index (κ3) is 49.7. The molecule has 0 saturated heterocycles. The molecule has 0 saturated carbocycles. The first-order valence-electron chi connectivity index (χ1n) is 28.3. The Labute approximate surface area is 393 Å². The Morgan fingerprint density at radius 3 is 0.905 bits per heavy atom. The normalized spacial score (nSPS) is 12.5. The predicted molar refractivity (Wildman–Crippen MR) is 270 cm³/mol. The van der Waals surface area contributed by atoms with E-state index in [9.17, 15) is 14.4 Å². The number of carbonyl (C=O) groups is 3. The summed E-state index contributed by atoms with van der Waals surface area (Å²) in [4.78, 5) is 38.1. The van der Waals surface area contributed by atoms with E-state index in [1.54, 1.807) is 0 Å². The summed E-state index contributed by atoms with van der Waals surface area (Å²) >= 11 is 0. The summed E-state index contributed by atoms with van der Waals surface area (Å²) in [7, 11) is 0. The largest absolute Gasteiger partial charge is 0.462 e. The Hall–Kier alpha value is -1.59. The number of esters is 3. The van der Waals surface area contributed by atoms with Gasteiger partial charge in [-0.1, -0.05) is 279 Å². The van der Waals surface area contributed by atoms with Crippen LogP contribution in [0.15, 0.2) is 0 Å². The maximum atomic E-state index is 12.8. The number of hydrogen-bond donors (Lipinski definition) is 0. The lowest BCUT2D eigenvalue weighted by Gasteiger charge is -2.18. The van der Waals surface area contributed by atoms with Crippen LogP contribution >= 0.6 is 0 Å². The van der Waals surface area contributed by atoms with Crippen molar-refractivity contribution in [1.82, 2.24) is 0 Å². The van der Waals surface area contributed by atoms with Crippen LogP contribution in [0.4, 0.5) is 0 Å². The number of rotatable bonds is 51. The zero-order valence-corrected chi connectivity index (χ0v) is 43.2. The van der Waals surface area contributed by atoms with Gasteiger partial charge in [0.05, 0.1) is 0 Å². The topological polar surface area (TPSA) is 78.9 Å². The quantitative estimate of drug-likeness (QED) is 0.0344. The first-order chi connectivity index (χ1) is 30.8. The van der Waals surface area contributed by atoms with Crippen molar-refractivity contribution in [2.24, 2.45) is 11.8 Å². The van der Waals surface area contributed by atoms with Crippen molar-refractivity contribution in [3.8, 4) is 0 Å². The molecule has 1 unspecified atom stereocenters. The van der Waals surface area contributed by atoms with Crippen molar-refractivity contribution in [2.45, 2.75) is 323 Å². The minimum absolute atomic E-state index is 0.0629. The molecular weight excluding hydrogens is 781 g/mol. The number of carbonyl (C=O) groups excluding carboxylic acids is 3. The van der Waals surface area contributed by atoms with E-state index in [1.165, 1.54) is 205 Å². The van der Waals surface area contributed by atoms with Crippen molar-refractivity contribution in [3.63, 3.8) is 0 Å². The van der Waals surface area contributed by atoms with Gasteiger partial charge in [0.2, 0.25) is 0 Å². The Balaban J connectivity index is 4.29. The van der Waals surface area contributed by atoms with Gasteiger partial charge in [-0.2, -0.15) is 0 Å². The summed E-state index contributed by atoms with van der Waals surface area (Å²) in [6, 6.07) is 0. The Morgan fingerprint density at radius 2 is 0.603 bits per heavy atom. The molecule has 0 bridgehead atoms. The third-order valence-corrected chi connectivity index (χ3v) is 13.3. The van der Waals surface area contributed by atoms with Gasteiger partial charge in [0, 0.05) is 19.3 Å². The van der Waals surface area contributed by atoms with Crippen LogP contribution in [0.5, 0.6) is 0 Å². The highest BCUT2D eigenvalue weighted by molar-refractivity contribution is 5.71. The summed E-state index contributed by atoms with van der Waals surface area (Å²) in [5, 5.41) is 0. The van der Waals surface area contributed by atoms with E-state index in [1.807, 2.05) is 0 Å². The Morgan fingerprint density at radius 1 is 0.333 bits per heavy atom. The van der Waals surface area contributed by atoms with Crippen molar-refractivity contribution in [1.29, 1.82) is 0 Å². The van der Waals surface area contributed by atoms with Crippen molar-refractivity contribution < 1.29 is 28.6 Å².